The molecule has 0 amide bonds. The zero-order valence-electron chi connectivity index (χ0n) is 7.08. The molecule has 2 nitrogen and oxygen atoms in total. The van der Waals surface area contributed by atoms with Crippen molar-refractivity contribution in [2.75, 3.05) is 0 Å². The van der Waals surface area contributed by atoms with Gasteiger partial charge in [-0.2, -0.15) is 4.39 Å². The Morgan fingerprint density at radius 2 is 2.25 bits per heavy atom. The molecular formula is C9H11FO2. The lowest BCUT2D eigenvalue weighted by molar-refractivity contribution is -0.174. The van der Waals surface area contributed by atoms with Crippen molar-refractivity contribution in [2.45, 2.75) is 19.7 Å². The third kappa shape index (κ3) is 1.72. The Bertz CT molecular complexity index is 245. The summed E-state index contributed by atoms with van der Waals surface area (Å²) in [7, 11) is 0. The summed E-state index contributed by atoms with van der Waals surface area (Å²) < 4.78 is 18.2. The van der Waals surface area contributed by atoms with Crippen LogP contribution in [0.25, 0.3) is 0 Å². The van der Waals surface area contributed by atoms with Crippen molar-refractivity contribution in [1.82, 2.24) is 0 Å². The van der Waals surface area contributed by atoms with E-state index in [0.717, 1.165) is 0 Å². The highest BCUT2D eigenvalue weighted by molar-refractivity contribution is 5.66. The van der Waals surface area contributed by atoms with Gasteiger partial charge in [-0.15, -0.1) is 0 Å². The molecule has 0 saturated carbocycles. The van der Waals surface area contributed by atoms with Gasteiger partial charge in [-0.1, -0.05) is 25.2 Å². The van der Waals surface area contributed by atoms with E-state index in [4.69, 9.17) is 0 Å². The molecule has 2 unspecified atom stereocenters. The molecule has 1 aliphatic carbocycles. The molecule has 0 saturated heterocycles. The Hall–Kier alpha value is -1.12. The topological polar surface area (TPSA) is 26.3 Å². The highest BCUT2D eigenvalue weighted by Gasteiger charge is 2.36. The van der Waals surface area contributed by atoms with Crippen LogP contribution in [0.15, 0.2) is 24.3 Å². The molecule has 0 radical (unpaired) electrons. The normalized spacial score (nSPS) is 33.4. The van der Waals surface area contributed by atoms with Crippen molar-refractivity contribution in [3.63, 3.8) is 0 Å². The van der Waals surface area contributed by atoms with E-state index in [0.29, 0.717) is 0 Å². The predicted molar refractivity (Wildman–Crippen MR) is 43.0 cm³/mol. The van der Waals surface area contributed by atoms with Crippen molar-refractivity contribution in [1.29, 1.82) is 0 Å². The number of ether oxygens (including phenoxy) is 1. The van der Waals surface area contributed by atoms with Gasteiger partial charge in [0.1, 0.15) is 0 Å². The van der Waals surface area contributed by atoms with E-state index in [-0.39, 0.29) is 0 Å². The fourth-order valence-electron chi connectivity index (χ4n) is 1.05. The third-order valence-corrected chi connectivity index (χ3v) is 1.76. The van der Waals surface area contributed by atoms with E-state index in [1.807, 2.05) is 0 Å². The molecule has 12 heavy (non-hydrogen) atoms. The van der Waals surface area contributed by atoms with Crippen LogP contribution in [0.5, 0.6) is 0 Å². The number of hydrogen-bond acceptors (Lipinski definition) is 2. The molecule has 0 spiro atoms. The van der Waals surface area contributed by atoms with Crippen LogP contribution in [-0.4, -0.2) is 11.8 Å². The first-order chi connectivity index (χ1) is 5.54. The van der Waals surface area contributed by atoms with E-state index in [1.54, 1.807) is 19.1 Å². The monoisotopic (exact) mass is 170 g/mol. The third-order valence-electron chi connectivity index (χ3n) is 1.76. The number of carbonyl (C=O) groups is 1. The van der Waals surface area contributed by atoms with E-state index < -0.39 is 17.7 Å². The summed E-state index contributed by atoms with van der Waals surface area (Å²) in [6, 6.07) is 0. The Labute approximate surface area is 70.7 Å². The summed E-state index contributed by atoms with van der Waals surface area (Å²) in [4.78, 5) is 10.5. The van der Waals surface area contributed by atoms with E-state index in [9.17, 15) is 9.18 Å². The number of carbonyl (C=O) groups excluding carboxylic acids is 1. The molecule has 0 heterocycles. The van der Waals surface area contributed by atoms with Gasteiger partial charge in [0.15, 0.2) is 0 Å². The van der Waals surface area contributed by atoms with Gasteiger partial charge in [0.25, 0.3) is 5.85 Å². The number of hydrogen-bond donors (Lipinski definition) is 0. The van der Waals surface area contributed by atoms with Crippen LogP contribution in [0.2, 0.25) is 0 Å². The molecule has 0 aromatic heterocycles. The Kier molecular flexibility index (Phi) is 2.31. The molecule has 1 aliphatic rings. The maximum absolute atomic E-state index is 13.6. The molecule has 0 aromatic carbocycles. The van der Waals surface area contributed by atoms with Crippen molar-refractivity contribution < 1.29 is 13.9 Å². The molecule has 1 rings (SSSR count). The van der Waals surface area contributed by atoms with Crippen LogP contribution < -0.4 is 0 Å². The van der Waals surface area contributed by atoms with Crippen LogP contribution in [-0.2, 0) is 9.53 Å². The highest BCUT2D eigenvalue weighted by atomic mass is 19.2. The zero-order chi connectivity index (χ0) is 9.19. The first-order valence-corrected chi connectivity index (χ1v) is 3.79. The van der Waals surface area contributed by atoms with Crippen LogP contribution in [0, 0.1) is 5.92 Å². The van der Waals surface area contributed by atoms with Crippen molar-refractivity contribution in [3.8, 4) is 0 Å². The standard InChI is InChI=1S/C9H11FO2/c1-7-5-3-4-6-9(7,10)12-8(2)11/h3-7H,1-2H3. The Morgan fingerprint density at radius 3 is 2.75 bits per heavy atom. The molecule has 2 atom stereocenters. The van der Waals surface area contributed by atoms with E-state index in [1.165, 1.54) is 19.1 Å². The molecule has 66 valence electrons. The summed E-state index contributed by atoms with van der Waals surface area (Å²) in [6.07, 6.45) is 6.16. The predicted octanol–water partition coefficient (Wildman–Crippen LogP) is 1.98. The Balaban J connectivity index is 2.76. The number of rotatable bonds is 1. The average Bonchev–Trinajstić information content (AvgIpc) is 1.94. The second-order valence-electron chi connectivity index (χ2n) is 2.82. The Morgan fingerprint density at radius 1 is 1.58 bits per heavy atom. The van der Waals surface area contributed by atoms with Gasteiger partial charge in [-0.25, -0.2) is 0 Å². The second-order valence-corrected chi connectivity index (χ2v) is 2.82. The maximum Gasteiger partial charge on any atom is 0.305 e. The number of esters is 1. The molecule has 0 bridgehead atoms. The molecule has 0 fully saturated rings. The van der Waals surface area contributed by atoms with Gasteiger partial charge < -0.3 is 4.74 Å². The minimum Gasteiger partial charge on any atom is -0.424 e. The maximum atomic E-state index is 13.6. The van der Waals surface area contributed by atoms with Crippen molar-refractivity contribution >= 4 is 5.97 Å². The molecule has 0 aromatic rings. The number of halogens is 1. The fourth-order valence-corrected chi connectivity index (χ4v) is 1.05. The molecular weight excluding hydrogens is 159 g/mol. The summed E-state index contributed by atoms with van der Waals surface area (Å²) in [5.41, 5.74) is 0. The minimum atomic E-state index is -1.96. The van der Waals surface area contributed by atoms with Gasteiger partial charge in [0.05, 0.1) is 0 Å². The average molecular weight is 170 g/mol. The fraction of sp³-hybridized carbons (Fsp3) is 0.444. The summed E-state index contributed by atoms with van der Waals surface area (Å²) >= 11 is 0. The van der Waals surface area contributed by atoms with Crippen LogP contribution >= 0.6 is 0 Å². The van der Waals surface area contributed by atoms with Gasteiger partial charge in [-0.05, 0) is 6.08 Å². The molecule has 0 N–H and O–H groups in total. The SMILES string of the molecule is CC(=O)OC1(F)C=CC=CC1C. The largest absolute Gasteiger partial charge is 0.424 e. The zero-order valence-corrected chi connectivity index (χ0v) is 7.08. The minimum absolute atomic E-state index is 0.425. The first-order valence-electron chi connectivity index (χ1n) is 3.79. The van der Waals surface area contributed by atoms with Gasteiger partial charge in [0.2, 0.25) is 0 Å². The van der Waals surface area contributed by atoms with Crippen LogP contribution in [0.3, 0.4) is 0 Å². The van der Waals surface area contributed by atoms with Crippen LogP contribution in [0.4, 0.5) is 4.39 Å². The van der Waals surface area contributed by atoms with Crippen molar-refractivity contribution in [3.05, 3.63) is 24.3 Å². The highest BCUT2D eigenvalue weighted by Crippen LogP contribution is 2.29. The lowest BCUT2D eigenvalue weighted by Crippen LogP contribution is -2.34. The first kappa shape index (κ1) is 8.97. The van der Waals surface area contributed by atoms with Crippen molar-refractivity contribution in [2.24, 2.45) is 5.92 Å². The van der Waals surface area contributed by atoms with E-state index in [2.05, 4.69) is 4.74 Å². The number of alkyl halides is 1. The van der Waals surface area contributed by atoms with Gasteiger partial charge >= 0.3 is 5.97 Å². The van der Waals surface area contributed by atoms with E-state index >= 15 is 0 Å². The number of allylic oxidation sites excluding steroid dienone is 2. The van der Waals surface area contributed by atoms with Gasteiger partial charge in [0, 0.05) is 12.8 Å². The molecule has 3 heteroatoms. The smallest absolute Gasteiger partial charge is 0.305 e. The molecule has 0 aliphatic heterocycles. The lowest BCUT2D eigenvalue weighted by Gasteiger charge is -2.27. The quantitative estimate of drug-likeness (QED) is 0.562. The summed E-state index contributed by atoms with van der Waals surface area (Å²) in [5, 5.41) is 0. The second kappa shape index (κ2) is 3.09. The lowest BCUT2D eigenvalue weighted by atomic mass is 9.97. The van der Waals surface area contributed by atoms with Gasteiger partial charge in [-0.3, -0.25) is 4.79 Å². The summed E-state index contributed by atoms with van der Waals surface area (Å²) in [5.74, 6) is -2.99. The van der Waals surface area contributed by atoms with Crippen LogP contribution in [0.1, 0.15) is 13.8 Å². The summed E-state index contributed by atoms with van der Waals surface area (Å²) in [6.45, 7) is 2.85.